The molecule has 0 saturated carbocycles. The third-order valence-corrected chi connectivity index (χ3v) is 6.67. The van der Waals surface area contributed by atoms with Crippen molar-refractivity contribution in [2.24, 2.45) is 0 Å². The van der Waals surface area contributed by atoms with Crippen molar-refractivity contribution in [3.8, 4) is 5.75 Å². The lowest BCUT2D eigenvalue weighted by Gasteiger charge is -2.49. The van der Waals surface area contributed by atoms with Crippen LogP contribution in [-0.2, 0) is 0 Å². The van der Waals surface area contributed by atoms with E-state index < -0.39 is 17.2 Å². The maximum Gasteiger partial charge on any atom is 0.341 e. The van der Waals surface area contributed by atoms with E-state index in [1.807, 2.05) is 30.4 Å². The number of hydrogen-bond donors (Lipinski definition) is 2. The zero-order valence-electron chi connectivity index (χ0n) is 16.5. The zero-order chi connectivity index (χ0) is 21.0. The molecule has 2 aromatic heterocycles. The molecule has 4 heterocycles. The first kappa shape index (κ1) is 18.9. The van der Waals surface area contributed by atoms with Gasteiger partial charge in [0.25, 0.3) is 5.85 Å². The summed E-state index contributed by atoms with van der Waals surface area (Å²) in [5, 5.41) is 18.0. The maximum atomic E-state index is 12.6. The minimum atomic E-state index is -1.24. The number of benzene rings is 1. The first-order valence-electron chi connectivity index (χ1n) is 9.64. The molecule has 0 aliphatic carbocycles. The summed E-state index contributed by atoms with van der Waals surface area (Å²) < 4.78 is 8.15. The molecule has 0 radical (unpaired) electrons. The molecule has 2 aliphatic rings. The van der Waals surface area contributed by atoms with Crippen LogP contribution < -0.4 is 20.5 Å². The lowest BCUT2D eigenvalue weighted by Crippen LogP contribution is -2.66. The Morgan fingerprint density at radius 2 is 2.27 bits per heavy atom. The van der Waals surface area contributed by atoms with Crippen molar-refractivity contribution in [1.29, 1.82) is 0 Å². The van der Waals surface area contributed by atoms with Gasteiger partial charge in [-0.3, -0.25) is 14.5 Å². The molecule has 0 spiro atoms. The summed E-state index contributed by atoms with van der Waals surface area (Å²) >= 11 is 1.57. The van der Waals surface area contributed by atoms with Crippen LogP contribution >= 0.6 is 11.3 Å². The monoisotopic (exact) mass is 427 g/mol. The Morgan fingerprint density at radius 3 is 3.00 bits per heavy atom. The molecule has 30 heavy (non-hydrogen) atoms. The lowest BCUT2D eigenvalue weighted by molar-refractivity contribution is -0.0775. The molecular weight excluding hydrogens is 406 g/mol. The molecule has 1 saturated heterocycles. The van der Waals surface area contributed by atoms with Gasteiger partial charge in [0, 0.05) is 50.9 Å². The average molecular weight is 427 g/mol. The number of anilines is 1. The van der Waals surface area contributed by atoms with Gasteiger partial charge in [-0.05, 0) is 18.6 Å². The van der Waals surface area contributed by atoms with Gasteiger partial charge in [0.2, 0.25) is 5.43 Å². The number of nitrogens with one attached hydrogen (secondary N) is 1. The first-order chi connectivity index (χ1) is 14.4. The van der Waals surface area contributed by atoms with Crippen LogP contribution in [0.4, 0.5) is 5.13 Å². The highest BCUT2D eigenvalue weighted by atomic mass is 32.1. The van der Waals surface area contributed by atoms with Gasteiger partial charge in [-0.2, -0.15) is 0 Å². The Balaban J connectivity index is 1.53. The number of likely N-dealkylation sites (tertiary alicyclic amines) is 1. The summed E-state index contributed by atoms with van der Waals surface area (Å²) in [6.07, 6.45) is 4.09. The molecule has 0 amide bonds. The van der Waals surface area contributed by atoms with E-state index in [4.69, 9.17) is 4.74 Å². The number of carboxylic acid groups (broad SMARTS) is 1. The van der Waals surface area contributed by atoms with Crippen molar-refractivity contribution >= 4 is 33.3 Å². The van der Waals surface area contributed by atoms with Crippen LogP contribution in [0.2, 0.25) is 0 Å². The largest absolute Gasteiger partial charge is 0.477 e. The third kappa shape index (κ3) is 2.75. The van der Waals surface area contributed by atoms with Crippen LogP contribution in [0, 0.1) is 0 Å². The van der Waals surface area contributed by atoms with Crippen LogP contribution in [0.3, 0.4) is 0 Å². The molecule has 2 aliphatic heterocycles. The summed E-state index contributed by atoms with van der Waals surface area (Å²) in [5.74, 6) is -1.55. The summed E-state index contributed by atoms with van der Waals surface area (Å²) in [6.45, 7) is 3.48. The molecule has 9 nitrogen and oxygen atoms in total. The van der Waals surface area contributed by atoms with Crippen LogP contribution in [0.25, 0.3) is 10.9 Å². The van der Waals surface area contributed by atoms with Crippen LogP contribution in [0.15, 0.2) is 40.8 Å². The van der Waals surface area contributed by atoms with Crippen molar-refractivity contribution in [3.63, 3.8) is 0 Å². The third-order valence-electron chi connectivity index (χ3n) is 5.96. The van der Waals surface area contributed by atoms with E-state index in [-0.39, 0.29) is 11.6 Å². The number of pyridine rings is 1. The highest BCUT2D eigenvalue weighted by Crippen LogP contribution is 2.37. The molecule has 2 N–H and O–H groups in total. The van der Waals surface area contributed by atoms with E-state index in [2.05, 4.69) is 15.2 Å². The predicted molar refractivity (Wildman–Crippen MR) is 114 cm³/mol. The molecule has 1 aromatic carbocycles. The fourth-order valence-electron chi connectivity index (χ4n) is 4.27. The van der Waals surface area contributed by atoms with Gasteiger partial charge in [0.1, 0.15) is 11.1 Å². The maximum absolute atomic E-state index is 12.6. The summed E-state index contributed by atoms with van der Waals surface area (Å²) in [6, 6.07) is 5.39. The van der Waals surface area contributed by atoms with Crippen molar-refractivity contribution < 1.29 is 14.6 Å². The molecule has 156 valence electrons. The predicted octanol–water partition coefficient (Wildman–Crippen LogP) is 1.98. The zero-order valence-corrected chi connectivity index (χ0v) is 17.3. The number of nitrogens with zero attached hydrogens (tertiary/aromatic N) is 4. The first-order valence-corrected chi connectivity index (χ1v) is 10.5. The van der Waals surface area contributed by atoms with E-state index in [0.717, 1.165) is 24.6 Å². The number of ether oxygens (including phenoxy) is 1. The van der Waals surface area contributed by atoms with E-state index in [0.29, 0.717) is 16.7 Å². The van der Waals surface area contributed by atoms with Gasteiger partial charge in [0.05, 0.1) is 5.39 Å². The Labute approximate surface area is 176 Å². The molecule has 1 fully saturated rings. The summed E-state index contributed by atoms with van der Waals surface area (Å²) in [5.41, 5.74) is -0.199. The quantitative estimate of drug-likeness (QED) is 0.652. The number of carbonyl (C=O) groups is 1. The molecule has 3 aromatic rings. The van der Waals surface area contributed by atoms with Gasteiger partial charge < -0.3 is 15.2 Å². The molecule has 2 atom stereocenters. The number of carboxylic acids is 1. The number of aromatic nitrogens is 2. The molecule has 10 heteroatoms. The second-order valence-electron chi connectivity index (χ2n) is 7.65. The molecule has 5 rings (SSSR count). The van der Waals surface area contributed by atoms with Gasteiger partial charge in [-0.15, -0.1) is 11.3 Å². The van der Waals surface area contributed by atoms with Gasteiger partial charge in [0.15, 0.2) is 10.9 Å². The second kappa shape index (κ2) is 6.71. The summed E-state index contributed by atoms with van der Waals surface area (Å²) in [7, 11) is 1.84. The molecular formula is C20H21N5O4S. The minimum absolute atomic E-state index is 0.228. The number of rotatable bonds is 4. The number of thiazole rings is 1. The number of hydrogen-bond acceptors (Lipinski definition) is 8. The van der Waals surface area contributed by atoms with Crippen molar-refractivity contribution in [2.45, 2.75) is 25.2 Å². The Hall–Kier alpha value is -3.11. The van der Waals surface area contributed by atoms with Crippen molar-refractivity contribution in [2.75, 3.05) is 30.5 Å². The normalized spacial score (nSPS) is 23.5. The second-order valence-corrected chi connectivity index (χ2v) is 8.54. The number of para-hydroxylation sites is 1. The fraction of sp³-hybridized carbons (Fsp3) is 0.350. The number of aromatic carboxylic acids is 1. The van der Waals surface area contributed by atoms with E-state index in [1.54, 1.807) is 34.3 Å². The van der Waals surface area contributed by atoms with E-state index in [1.165, 1.54) is 6.20 Å². The van der Waals surface area contributed by atoms with Crippen LogP contribution in [-0.4, -0.2) is 57.7 Å². The van der Waals surface area contributed by atoms with Gasteiger partial charge in [-0.1, -0.05) is 6.07 Å². The van der Waals surface area contributed by atoms with Crippen molar-refractivity contribution in [1.82, 2.24) is 14.6 Å². The van der Waals surface area contributed by atoms with E-state index in [9.17, 15) is 14.7 Å². The van der Waals surface area contributed by atoms with Crippen molar-refractivity contribution in [3.05, 3.63) is 51.8 Å². The minimum Gasteiger partial charge on any atom is -0.477 e. The Kier molecular flexibility index (Phi) is 4.23. The Bertz CT molecular complexity index is 1190. The van der Waals surface area contributed by atoms with E-state index >= 15 is 0 Å². The lowest BCUT2D eigenvalue weighted by atomic mass is 10.1. The highest BCUT2D eigenvalue weighted by molar-refractivity contribution is 7.13. The standard InChI is InChI=1S/C20H21N5O4S/c1-20(24-8-6-12(10-24)22-19-21-7-9-30-19)23(2)25-11-14(18(27)28)17(26)13-4-3-5-15(29-20)16(13)25/h3-5,7,9,11-12H,6,8,10H2,1-2H3,(H,21,22)(H,27,28)/t12-,20+/m1/s1. The highest BCUT2D eigenvalue weighted by Gasteiger charge is 2.46. The Morgan fingerprint density at radius 1 is 1.43 bits per heavy atom. The molecule has 0 bridgehead atoms. The SMILES string of the molecule is CN1n2cc(C(=O)O)c(=O)c3cccc(c32)O[C@]1(C)N1CC[C@@H](Nc2nccs2)C1. The van der Waals surface area contributed by atoms with Gasteiger partial charge >= 0.3 is 5.97 Å². The average Bonchev–Trinajstić information content (AvgIpc) is 3.40. The smallest absolute Gasteiger partial charge is 0.341 e. The topological polar surface area (TPSA) is 99.9 Å². The summed E-state index contributed by atoms with van der Waals surface area (Å²) in [4.78, 5) is 30.8. The van der Waals surface area contributed by atoms with Crippen LogP contribution in [0.1, 0.15) is 23.7 Å². The molecule has 0 unspecified atom stereocenters. The van der Waals surface area contributed by atoms with Gasteiger partial charge in [-0.25, -0.2) is 14.7 Å². The fourth-order valence-corrected chi connectivity index (χ4v) is 4.88. The van der Waals surface area contributed by atoms with Crippen LogP contribution in [0.5, 0.6) is 5.75 Å².